The molecule has 3 heteroatoms. The van der Waals surface area contributed by atoms with Crippen molar-refractivity contribution >= 4 is 0 Å². The van der Waals surface area contributed by atoms with Crippen LogP contribution in [0.1, 0.15) is 38.4 Å². The van der Waals surface area contributed by atoms with Gasteiger partial charge in [-0.05, 0) is 38.4 Å². The topological polar surface area (TPSA) is 34.1 Å². The van der Waals surface area contributed by atoms with Crippen LogP contribution in [0.3, 0.4) is 0 Å². The predicted molar refractivity (Wildman–Crippen MR) is 75.9 cm³/mol. The first-order valence-electron chi connectivity index (χ1n) is 6.97. The highest BCUT2D eigenvalue weighted by atomic mass is 16.5. The van der Waals surface area contributed by atoms with Gasteiger partial charge in [0, 0.05) is 31.0 Å². The molecule has 1 aromatic rings. The zero-order valence-corrected chi connectivity index (χ0v) is 12.1. The quantitative estimate of drug-likeness (QED) is 0.770. The van der Waals surface area contributed by atoms with Gasteiger partial charge in [-0.1, -0.05) is 19.9 Å². The first-order valence-corrected chi connectivity index (χ1v) is 6.97. The Hall–Kier alpha value is -0.930. The van der Waals surface area contributed by atoms with Crippen molar-refractivity contribution in [2.24, 2.45) is 0 Å². The van der Waals surface area contributed by atoms with Gasteiger partial charge in [-0.3, -0.25) is 4.98 Å². The molecule has 2 atom stereocenters. The summed E-state index contributed by atoms with van der Waals surface area (Å²) < 4.78 is 5.77. The molecule has 0 radical (unpaired) electrons. The van der Waals surface area contributed by atoms with Crippen molar-refractivity contribution in [2.45, 2.75) is 52.2 Å². The van der Waals surface area contributed by atoms with E-state index in [4.69, 9.17) is 4.74 Å². The Morgan fingerprint density at radius 2 is 2.06 bits per heavy atom. The number of hydrogen-bond acceptors (Lipinski definition) is 3. The van der Waals surface area contributed by atoms with E-state index >= 15 is 0 Å². The average Bonchev–Trinajstić information content (AvgIpc) is 2.43. The number of aromatic nitrogens is 1. The normalized spacial score (nSPS) is 14.4. The van der Waals surface area contributed by atoms with E-state index in [-0.39, 0.29) is 6.10 Å². The standard InChI is InChI=1S/C15H26N2O/c1-5-12-8-9-13(17-11-12)10-14(16-4)15(6-2)18-7-3/h8-9,11,14-16H,5-7,10H2,1-4H3. The maximum atomic E-state index is 5.77. The van der Waals surface area contributed by atoms with E-state index in [1.165, 1.54) is 5.56 Å². The van der Waals surface area contributed by atoms with Gasteiger partial charge >= 0.3 is 0 Å². The molecule has 18 heavy (non-hydrogen) atoms. The number of nitrogens with zero attached hydrogens (tertiary/aromatic N) is 1. The summed E-state index contributed by atoms with van der Waals surface area (Å²) in [6, 6.07) is 4.62. The monoisotopic (exact) mass is 250 g/mol. The molecule has 0 aromatic carbocycles. The Labute approximate surface area is 111 Å². The second kappa shape index (κ2) is 8.22. The highest BCUT2D eigenvalue weighted by Crippen LogP contribution is 2.10. The Morgan fingerprint density at radius 1 is 1.28 bits per heavy atom. The van der Waals surface area contributed by atoms with Gasteiger partial charge in [-0.2, -0.15) is 0 Å². The second-order valence-electron chi connectivity index (χ2n) is 4.51. The van der Waals surface area contributed by atoms with Crippen LogP contribution in [0.25, 0.3) is 0 Å². The van der Waals surface area contributed by atoms with Gasteiger partial charge in [0.25, 0.3) is 0 Å². The van der Waals surface area contributed by atoms with Gasteiger partial charge in [0.05, 0.1) is 6.10 Å². The lowest BCUT2D eigenvalue weighted by Gasteiger charge is -2.25. The summed E-state index contributed by atoms with van der Waals surface area (Å²) in [6.45, 7) is 7.12. The van der Waals surface area contributed by atoms with Gasteiger partial charge in [-0.25, -0.2) is 0 Å². The largest absolute Gasteiger partial charge is 0.377 e. The van der Waals surface area contributed by atoms with Gasteiger partial charge in [0.1, 0.15) is 0 Å². The SMILES string of the molecule is CCOC(CC)C(Cc1ccc(CC)cn1)NC. The molecule has 2 unspecified atom stereocenters. The summed E-state index contributed by atoms with van der Waals surface area (Å²) in [5.41, 5.74) is 2.42. The van der Waals surface area contributed by atoms with E-state index in [2.05, 4.69) is 36.3 Å². The second-order valence-corrected chi connectivity index (χ2v) is 4.51. The van der Waals surface area contributed by atoms with E-state index in [1.54, 1.807) is 0 Å². The summed E-state index contributed by atoms with van der Waals surface area (Å²) in [5, 5.41) is 3.35. The zero-order valence-electron chi connectivity index (χ0n) is 12.1. The molecule has 1 N–H and O–H groups in total. The molecule has 0 aliphatic rings. The van der Waals surface area contributed by atoms with Gasteiger partial charge in [0.15, 0.2) is 0 Å². The molecule has 0 saturated carbocycles. The van der Waals surface area contributed by atoms with E-state index < -0.39 is 0 Å². The molecule has 102 valence electrons. The van der Waals surface area contributed by atoms with E-state index in [9.17, 15) is 0 Å². The lowest BCUT2D eigenvalue weighted by atomic mass is 10.0. The number of hydrogen-bond donors (Lipinski definition) is 1. The fourth-order valence-corrected chi connectivity index (χ4v) is 2.16. The number of pyridine rings is 1. The summed E-state index contributed by atoms with van der Waals surface area (Å²) in [5.74, 6) is 0. The fourth-order valence-electron chi connectivity index (χ4n) is 2.16. The number of likely N-dealkylation sites (N-methyl/N-ethyl adjacent to an activating group) is 1. The summed E-state index contributed by atoms with van der Waals surface area (Å²) in [7, 11) is 1.99. The lowest BCUT2D eigenvalue weighted by molar-refractivity contribution is 0.0336. The minimum Gasteiger partial charge on any atom is -0.377 e. The van der Waals surface area contributed by atoms with E-state index in [1.807, 2.05) is 20.2 Å². The van der Waals surface area contributed by atoms with Crippen LogP contribution >= 0.6 is 0 Å². The fraction of sp³-hybridized carbons (Fsp3) is 0.667. The molecule has 1 rings (SSSR count). The third-order valence-electron chi connectivity index (χ3n) is 3.33. The minimum atomic E-state index is 0.257. The van der Waals surface area contributed by atoms with Gasteiger partial charge < -0.3 is 10.1 Å². The average molecular weight is 250 g/mol. The number of rotatable bonds is 8. The van der Waals surface area contributed by atoms with Crippen LogP contribution in [-0.2, 0) is 17.6 Å². The lowest BCUT2D eigenvalue weighted by Crippen LogP contribution is -2.41. The van der Waals surface area contributed by atoms with Crippen LogP contribution in [0.5, 0.6) is 0 Å². The van der Waals surface area contributed by atoms with Crippen molar-refractivity contribution in [2.75, 3.05) is 13.7 Å². The van der Waals surface area contributed by atoms with Crippen molar-refractivity contribution < 1.29 is 4.74 Å². The third kappa shape index (κ3) is 4.39. The molecule has 0 spiro atoms. The van der Waals surface area contributed by atoms with Crippen LogP contribution in [0.15, 0.2) is 18.3 Å². The maximum absolute atomic E-state index is 5.77. The molecular weight excluding hydrogens is 224 g/mol. The van der Waals surface area contributed by atoms with E-state index in [0.717, 1.165) is 31.6 Å². The smallest absolute Gasteiger partial charge is 0.0729 e. The first-order chi connectivity index (χ1) is 8.74. The summed E-state index contributed by atoms with van der Waals surface area (Å²) in [6.07, 6.45) is 5.21. The van der Waals surface area contributed by atoms with Crippen LogP contribution in [0.4, 0.5) is 0 Å². The number of nitrogens with one attached hydrogen (secondary N) is 1. The zero-order chi connectivity index (χ0) is 13.4. The Bertz CT molecular complexity index is 324. The van der Waals surface area contributed by atoms with Crippen LogP contribution in [0, 0.1) is 0 Å². The van der Waals surface area contributed by atoms with Gasteiger partial charge in [0.2, 0.25) is 0 Å². The van der Waals surface area contributed by atoms with Crippen molar-refractivity contribution in [1.29, 1.82) is 0 Å². The molecule has 0 aliphatic carbocycles. The summed E-state index contributed by atoms with van der Waals surface area (Å²) in [4.78, 5) is 4.52. The van der Waals surface area contributed by atoms with Gasteiger partial charge in [-0.15, -0.1) is 0 Å². The number of aryl methyl sites for hydroxylation is 1. The molecule has 1 heterocycles. The highest BCUT2D eigenvalue weighted by molar-refractivity contribution is 5.14. The molecule has 0 amide bonds. The van der Waals surface area contributed by atoms with Crippen LogP contribution < -0.4 is 5.32 Å². The third-order valence-corrected chi connectivity index (χ3v) is 3.33. The molecule has 0 saturated heterocycles. The Kier molecular flexibility index (Phi) is 6.91. The number of ether oxygens (including phenoxy) is 1. The first kappa shape index (κ1) is 15.1. The van der Waals surface area contributed by atoms with Crippen molar-refractivity contribution in [3.05, 3.63) is 29.6 Å². The minimum absolute atomic E-state index is 0.257. The van der Waals surface area contributed by atoms with Crippen LogP contribution in [-0.4, -0.2) is 30.8 Å². The molecule has 0 fully saturated rings. The van der Waals surface area contributed by atoms with Crippen LogP contribution in [0.2, 0.25) is 0 Å². The molecule has 1 aromatic heterocycles. The maximum Gasteiger partial charge on any atom is 0.0729 e. The highest BCUT2D eigenvalue weighted by Gasteiger charge is 2.19. The van der Waals surface area contributed by atoms with E-state index in [0.29, 0.717) is 6.04 Å². The molecular formula is C15H26N2O. The Morgan fingerprint density at radius 3 is 2.50 bits per heavy atom. The Balaban J connectivity index is 2.65. The van der Waals surface area contributed by atoms with Crippen molar-refractivity contribution in [1.82, 2.24) is 10.3 Å². The molecule has 0 bridgehead atoms. The molecule has 3 nitrogen and oxygen atoms in total. The van der Waals surface area contributed by atoms with Crippen molar-refractivity contribution in [3.8, 4) is 0 Å². The van der Waals surface area contributed by atoms with Crippen molar-refractivity contribution in [3.63, 3.8) is 0 Å². The summed E-state index contributed by atoms with van der Waals surface area (Å²) >= 11 is 0. The predicted octanol–water partition coefficient (Wildman–Crippen LogP) is 2.59. The molecule has 0 aliphatic heterocycles.